The van der Waals surface area contributed by atoms with Gasteiger partial charge >= 0.3 is 0 Å². The molecule has 1 aromatic heterocycles. The van der Waals surface area contributed by atoms with Gasteiger partial charge in [0.15, 0.2) is 0 Å². The Balaban J connectivity index is 1.99. The number of halogens is 2. The van der Waals surface area contributed by atoms with Crippen LogP contribution >= 0.6 is 27.5 Å². The monoisotopic (exact) mass is 325 g/mol. The van der Waals surface area contributed by atoms with Crippen molar-refractivity contribution in [3.63, 3.8) is 0 Å². The summed E-state index contributed by atoms with van der Waals surface area (Å²) in [7, 11) is 0. The number of pyridine rings is 1. The molecule has 0 spiro atoms. The maximum Gasteiger partial charge on any atom is 0.0636 e. The molecule has 2 nitrogen and oxygen atoms in total. The van der Waals surface area contributed by atoms with Crippen LogP contribution in [0, 0.1) is 0 Å². The van der Waals surface area contributed by atoms with Crippen molar-refractivity contribution in [2.24, 2.45) is 0 Å². The first-order valence-corrected chi connectivity index (χ1v) is 6.84. The number of hydrogen-bond donors (Lipinski definition) is 1. The minimum atomic E-state index is -0.474. The average molecular weight is 327 g/mol. The van der Waals surface area contributed by atoms with Gasteiger partial charge in [-0.2, -0.15) is 0 Å². The lowest BCUT2D eigenvalue weighted by atomic mass is 10.0. The molecule has 1 heterocycles. The van der Waals surface area contributed by atoms with Gasteiger partial charge in [0.1, 0.15) is 0 Å². The third kappa shape index (κ3) is 3.80. The Morgan fingerprint density at radius 1 is 1.17 bits per heavy atom. The van der Waals surface area contributed by atoms with Crippen LogP contribution in [0.15, 0.2) is 47.1 Å². The standard InChI is InChI=1S/C14H13BrClNO/c15-11-5-6-12(17-9-11)8-13(18)7-10-3-1-2-4-14(10)16/h1-6,9,13,18H,7-8H2. The van der Waals surface area contributed by atoms with E-state index in [4.69, 9.17) is 11.6 Å². The highest BCUT2D eigenvalue weighted by atomic mass is 79.9. The predicted molar refractivity (Wildman–Crippen MR) is 76.8 cm³/mol. The minimum Gasteiger partial charge on any atom is -0.392 e. The normalized spacial score (nSPS) is 12.4. The van der Waals surface area contributed by atoms with Crippen molar-refractivity contribution >= 4 is 27.5 Å². The number of hydrogen-bond acceptors (Lipinski definition) is 2. The summed E-state index contributed by atoms with van der Waals surface area (Å²) in [5, 5.41) is 10.7. The smallest absolute Gasteiger partial charge is 0.0636 e. The fraction of sp³-hybridized carbons (Fsp3) is 0.214. The van der Waals surface area contributed by atoms with Crippen LogP contribution in [0.3, 0.4) is 0 Å². The second-order valence-corrected chi connectivity index (χ2v) is 5.44. The maximum atomic E-state index is 10.0. The molecule has 4 heteroatoms. The second-order valence-electron chi connectivity index (χ2n) is 4.12. The van der Waals surface area contributed by atoms with E-state index in [9.17, 15) is 5.11 Å². The van der Waals surface area contributed by atoms with Gasteiger partial charge in [-0.25, -0.2) is 0 Å². The molecule has 0 bridgehead atoms. The summed E-state index contributed by atoms with van der Waals surface area (Å²) in [6, 6.07) is 11.4. The molecule has 2 rings (SSSR count). The van der Waals surface area contributed by atoms with E-state index in [2.05, 4.69) is 20.9 Å². The van der Waals surface area contributed by atoms with E-state index < -0.39 is 6.10 Å². The first kappa shape index (κ1) is 13.5. The van der Waals surface area contributed by atoms with E-state index in [1.54, 1.807) is 6.20 Å². The van der Waals surface area contributed by atoms with Gasteiger partial charge in [0.25, 0.3) is 0 Å². The molecule has 0 saturated carbocycles. The predicted octanol–water partition coefficient (Wildman–Crippen LogP) is 3.64. The lowest BCUT2D eigenvalue weighted by molar-refractivity contribution is 0.174. The molecule has 2 aromatic rings. The van der Waals surface area contributed by atoms with Crippen LogP contribution in [-0.2, 0) is 12.8 Å². The van der Waals surface area contributed by atoms with Crippen LogP contribution in [0.5, 0.6) is 0 Å². The Hall–Kier alpha value is -0.900. The Labute approximate surface area is 120 Å². The van der Waals surface area contributed by atoms with Gasteiger partial charge in [-0.05, 0) is 39.7 Å². The zero-order chi connectivity index (χ0) is 13.0. The highest BCUT2D eigenvalue weighted by Crippen LogP contribution is 2.18. The molecule has 1 aromatic carbocycles. The summed E-state index contributed by atoms with van der Waals surface area (Å²) in [4.78, 5) is 4.24. The molecule has 0 aliphatic heterocycles. The molecule has 1 atom stereocenters. The third-order valence-electron chi connectivity index (χ3n) is 2.65. The van der Waals surface area contributed by atoms with Gasteiger partial charge < -0.3 is 5.11 Å². The van der Waals surface area contributed by atoms with E-state index in [0.717, 1.165) is 15.7 Å². The van der Waals surface area contributed by atoms with Crippen LogP contribution in [0.2, 0.25) is 5.02 Å². The van der Waals surface area contributed by atoms with Crippen molar-refractivity contribution in [3.8, 4) is 0 Å². The fourth-order valence-electron chi connectivity index (χ4n) is 1.76. The topological polar surface area (TPSA) is 33.1 Å². The van der Waals surface area contributed by atoms with Crippen molar-refractivity contribution in [3.05, 3.63) is 63.3 Å². The van der Waals surface area contributed by atoms with Crippen molar-refractivity contribution in [1.29, 1.82) is 0 Å². The van der Waals surface area contributed by atoms with E-state index >= 15 is 0 Å². The lowest BCUT2D eigenvalue weighted by Crippen LogP contribution is -2.15. The van der Waals surface area contributed by atoms with Crippen molar-refractivity contribution in [2.75, 3.05) is 0 Å². The van der Waals surface area contributed by atoms with E-state index in [1.807, 2.05) is 36.4 Å². The number of benzene rings is 1. The van der Waals surface area contributed by atoms with Crippen LogP contribution in [0.1, 0.15) is 11.3 Å². The fourth-order valence-corrected chi connectivity index (χ4v) is 2.21. The minimum absolute atomic E-state index is 0.474. The third-order valence-corrected chi connectivity index (χ3v) is 3.48. The highest BCUT2D eigenvalue weighted by Gasteiger charge is 2.09. The molecule has 0 aliphatic carbocycles. The van der Waals surface area contributed by atoms with Crippen LogP contribution < -0.4 is 0 Å². The van der Waals surface area contributed by atoms with Crippen molar-refractivity contribution in [2.45, 2.75) is 18.9 Å². The zero-order valence-corrected chi connectivity index (χ0v) is 12.0. The molecule has 0 radical (unpaired) electrons. The first-order valence-electron chi connectivity index (χ1n) is 5.67. The molecule has 1 N–H and O–H groups in total. The number of aliphatic hydroxyl groups excluding tert-OH is 1. The van der Waals surface area contributed by atoms with Gasteiger partial charge in [0.05, 0.1) is 6.10 Å². The summed E-state index contributed by atoms with van der Waals surface area (Å²) in [5.41, 5.74) is 1.83. The van der Waals surface area contributed by atoms with Gasteiger partial charge in [0, 0.05) is 34.2 Å². The number of rotatable bonds is 4. The van der Waals surface area contributed by atoms with E-state index in [1.165, 1.54) is 0 Å². The Kier molecular flexibility index (Phi) is 4.75. The van der Waals surface area contributed by atoms with Crippen molar-refractivity contribution in [1.82, 2.24) is 4.98 Å². The van der Waals surface area contributed by atoms with Crippen LogP contribution in [-0.4, -0.2) is 16.2 Å². The van der Waals surface area contributed by atoms with Crippen LogP contribution in [0.4, 0.5) is 0 Å². The number of nitrogens with zero attached hydrogens (tertiary/aromatic N) is 1. The second kappa shape index (κ2) is 6.32. The van der Waals surface area contributed by atoms with Crippen LogP contribution in [0.25, 0.3) is 0 Å². The quantitative estimate of drug-likeness (QED) is 0.930. The van der Waals surface area contributed by atoms with Crippen molar-refractivity contribution < 1.29 is 5.11 Å². The Bertz CT molecular complexity index is 515. The largest absolute Gasteiger partial charge is 0.392 e. The number of aliphatic hydroxyl groups is 1. The molecule has 18 heavy (non-hydrogen) atoms. The lowest BCUT2D eigenvalue weighted by Gasteiger charge is -2.11. The maximum absolute atomic E-state index is 10.0. The molecule has 94 valence electrons. The van der Waals surface area contributed by atoms with E-state index in [0.29, 0.717) is 17.9 Å². The highest BCUT2D eigenvalue weighted by molar-refractivity contribution is 9.10. The average Bonchev–Trinajstić information content (AvgIpc) is 2.35. The Morgan fingerprint density at radius 2 is 1.94 bits per heavy atom. The van der Waals surface area contributed by atoms with Gasteiger partial charge in [0.2, 0.25) is 0 Å². The molecular formula is C14H13BrClNO. The van der Waals surface area contributed by atoms with Gasteiger partial charge in [-0.3, -0.25) is 4.98 Å². The molecule has 0 aliphatic rings. The van der Waals surface area contributed by atoms with Gasteiger partial charge in [-0.1, -0.05) is 29.8 Å². The molecule has 1 unspecified atom stereocenters. The molecule has 0 amide bonds. The number of aromatic nitrogens is 1. The summed E-state index contributed by atoms with van der Waals surface area (Å²) in [6.07, 6.45) is 2.33. The summed E-state index contributed by atoms with van der Waals surface area (Å²) in [5.74, 6) is 0. The summed E-state index contributed by atoms with van der Waals surface area (Å²) < 4.78 is 0.937. The molecule has 0 fully saturated rings. The van der Waals surface area contributed by atoms with Gasteiger partial charge in [-0.15, -0.1) is 0 Å². The molecular weight excluding hydrogens is 314 g/mol. The summed E-state index contributed by atoms with van der Waals surface area (Å²) >= 11 is 9.39. The van der Waals surface area contributed by atoms with E-state index in [-0.39, 0.29) is 0 Å². The SMILES string of the molecule is OC(Cc1ccc(Br)cn1)Cc1ccccc1Cl. The summed E-state index contributed by atoms with van der Waals surface area (Å²) in [6.45, 7) is 0. The zero-order valence-electron chi connectivity index (χ0n) is 9.68. The molecule has 0 saturated heterocycles. The first-order chi connectivity index (χ1) is 8.65. The Morgan fingerprint density at radius 3 is 2.61 bits per heavy atom.